The van der Waals surface area contributed by atoms with Crippen molar-refractivity contribution < 1.29 is 9.50 Å². The number of rotatable bonds is 4. The third-order valence-electron chi connectivity index (χ3n) is 3.14. The second kappa shape index (κ2) is 6.28. The molecule has 0 aliphatic carbocycles. The van der Waals surface area contributed by atoms with Crippen LogP contribution >= 0.6 is 15.9 Å². The van der Waals surface area contributed by atoms with Crippen molar-refractivity contribution >= 4 is 15.9 Å². The lowest BCUT2D eigenvalue weighted by molar-refractivity contribution is 0.143. The van der Waals surface area contributed by atoms with Crippen LogP contribution in [-0.4, -0.2) is 11.7 Å². The van der Waals surface area contributed by atoms with E-state index in [0.717, 1.165) is 5.56 Å². The van der Waals surface area contributed by atoms with Crippen molar-refractivity contribution in [3.05, 3.63) is 69.9 Å². The molecule has 0 fully saturated rings. The van der Waals surface area contributed by atoms with Crippen molar-refractivity contribution in [2.24, 2.45) is 5.73 Å². The van der Waals surface area contributed by atoms with Crippen molar-refractivity contribution in [3.63, 3.8) is 0 Å². The van der Waals surface area contributed by atoms with Crippen LogP contribution in [0.15, 0.2) is 53.0 Å². The molecule has 3 N–H and O–H groups in total. The minimum absolute atomic E-state index is 0.251. The lowest BCUT2D eigenvalue weighted by Crippen LogP contribution is -2.20. The fraction of sp³-hybridized carbons (Fsp3) is 0.200. The van der Waals surface area contributed by atoms with E-state index in [2.05, 4.69) is 15.9 Å². The molecule has 2 aromatic carbocycles. The molecule has 0 radical (unpaired) electrons. The molecule has 0 heterocycles. The molecule has 0 aromatic heterocycles. The second-order valence-corrected chi connectivity index (χ2v) is 5.28. The number of hydrogen-bond donors (Lipinski definition) is 2. The summed E-state index contributed by atoms with van der Waals surface area (Å²) in [5.41, 5.74) is 6.90. The van der Waals surface area contributed by atoms with Gasteiger partial charge in [-0.15, -0.1) is 0 Å². The highest BCUT2D eigenvalue weighted by Crippen LogP contribution is 2.32. The van der Waals surface area contributed by atoms with Crippen LogP contribution in [0.3, 0.4) is 0 Å². The lowest BCUT2D eigenvalue weighted by Gasteiger charge is -2.22. The zero-order chi connectivity index (χ0) is 13.8. The van der Waals surface area contributed by atoms with Gasteiger partial charge in [-0.05, 0) is 17.7 Å². The van der Waals surface area contributed by atoms with E-state index in [1.807, 2.05) is 30.3 Å². The molecule has 2 atom stereocenters. The normalized spacial score (nSPS) is 14.1. The van der Waals surface area contributed by atoms with Crippen LogP contribution < -0.4 is 5.73 Å². The van der Waals surface area contributed by atoms with Crippen LogP contribution in [0, 0.1) is 5.82 Å². The van der Waals surface area contributed by atoms with Crippen molar-refractivity contribution in [1.29, 1.82) is 0 Å². The van der Waals surface area contributed by atoms with Gasteiger partial charge in [-0.25, -0.2) is 4.39 Å². The highest BCUT2D eigenvalue weighted by atomic mass is 79.9. The summed E-state index contributed by atoms with van der Waals surface area (Å²) in [6.45, 7) is 0.251. The standard InChI is InChI=1S/C15H15BrFNO/c16-11-6-7-12(14(17)8-11)15(19)13(9-18)10-4-2-1-3-5-10/h1-8,13,15,19H,9,18H2. The van der Waals surface area contributed by atoms with Crippen LogP contribution in [0.25, 0.3) is 0 Å². The summed E-state index contributed by atoms with van der Waals surface area (Å²) < 4.78 is 14.5. The molecule has 2 aromatic rings. The van der Waals surface area contributed by atoms with Gasteiger partial charge in [0.05, 0.1) is 6.10 Å². The maximum absolute atomic E-state index is 13.9. The SMILES string of the molecule is NCC(c1ccccc1)C(O)c1ccc(Br)cc1F. The molecule has 2 unspecified atom stereocenters. The molecule has 0 saturated carbocycles. The average Bonchev–Trinajstić information content (AvgIpc) is 2.40. The fourth-order valence-corrected chi connectivity index (χ4v) is 2.44. The summed E-state index contributed by atoms with van der Waals surface area (Å²) in [6, 6.07) is 14.1. The van der Waals surface area contributed by atoms with Crippen molar-refractivity contribution in [2.45, 2.75) is 12.0 Å². The highest BCUT2D eigenvalue weighted by Gasteiger charge is 2.23. The molecule has 0 amide bonds. The highest BCUT2D eigenvalue weighted by molar-refractivity contribution is 9.10. The van der Waals surface area contributed by atoms with E-state index >= 15 is 0 Å². The Morgan fingerprint density at radius 1 is 1.16 bits per heavy atom. The first-order chi connectivity index (χ1) is 9.13. The van der Waals surface area contributed by atoms with E-state index in [0.29, 0.717) is 4.47 Å². The van der Waals surface area contributed by atoms with Gasteiger partial charge in [0.25, 0.3) is 0 Å². The van der Waals surface area contributed by atoms with E-state index in [1.54, 1.807) is 12.1 Å². The van der Waals surface area contributed by atoms with Gasteiger partial charge in [0.1, 0.15) is 5.82 Å². The zero-order valence-corrected chi connectivity index (χ0v) is 11.8. The molecule has 0 saturated heterocycles. The number of halogens is 2. The Morgan fingerprint density at radius 2 is 1.84 bits per heavy atom. The van der Waals surface area contributed by atoms with Crippen LogP contribution in [-0.2, 0) is 0 Å². The van der Waals surface area contributed by atoms with Crippen LogP contribution in [0.1, 0.15) is 23.1 Å². The lowest BCUT2D eigenvalue weighted by atomic mass is 9.89. The smallest absolute Gasteiger partial charge is 0.130 e. The molecule has 0 aliphatic rings. The zero-order valence-electron chi connectivity index (χ0n) is 10.3. The minimum Gasteiger partial charge on any atom is -0.388 e. The van der Waals surface area contributed by atoms with Gasteiger partial charge in [-0.1, -0.05) is 52.3 Å². The van der Waals surface area contributed by atoms with Crippen molar-refractivity contribution in [3.8, 4) is 0 Å². The van der Waals surface area contributed by atoms with E-state index in [-0.39, 0.29) is 18.0 Å². The van der Waals surface area contributed by atoms with E-state index < -0.39 is 11.9 Å². The van der Waals surface area contributed by atoms with Gasteiger partial charge in [0.15, 0.2) is 0 Å². The van der Waals surface area contributed by atoms with Crippen LogP contribution in [0.2, 0.25) is 0 Å². The predicted octanol–water partition coefficient (Wildman–Crippen LogP) is 3.36. The summed E-state index contributed by atoms with van der Waals surface area (Å²) in [5.74, 6) is -0.756. The largest absolute Gasteiger partial charge is 0.388 e. The van der Waals surface area contributed by atoms with E-state index in [9.17, 15) is 9.50 Å². The Bertz CT molecular complexity index is 547. The Kier molecular flexibility index (Phi) is 4.69. The van der Waals surface area contributed by atoms with Gasteiger partial charge in [0.2, 0.25) is 0 Å². The third kappa shape index (κ3) is 3.21. The Labute approximate surface area is 120 Å². The molecular weight excluding hydrogens is 309 g/mol. The molecular formula is C15H15BrFNO. The second-order valence-electron chi connectivity index (χ2n) is 4.36. The van der Waals surface area contributed by atoms with Gasteiger partial charge >= 0.3 is 0 Å². The quantitative estimate of drug-likeness (QED) is 0.906. The maximum Gasteiger partial charge on any atom is 0.130 e. The predicted molar refractivity (Wildman–Crippen MR) is 77.3 cm³/mol. The van der Waals surface area contributed by atoms with E-state index in [4.69, 9.17) is 5.73 Å². The van der Waals surface area contributed by atoms with Gasteiger partial charge in [-0.2, -0.15) is 0 Å². The average molecular weight is 324 g/mol. The molecule has 4 heteroatoms. The summed E-state index contributed by atoms with van der Waals surface area (Å²) >= 11 is 3.20. The topological polar surface area (TPSA) is 46.2 Å². The maximum atomic E-state index is 13.9. The minimum atomic E-state index is -0.958. The van der Waals surface area contributed by atoms with Crippen LogP contribution in [0.4, 0.5) is 4.39 Å². The number of hydrogen-bond acceptors (Lipinski definition) is 2. The van der Waals surface area contributed by atoms with Crippen molar-refractivity contribution in [1.82, 2.24) is 0 Å². The number of benzene rings is 2. The van der Waals surface area contributed by atoms with E-state index in [1.165, 1.54) is 6.07 Å². The van der Waals surface area contributed by atoms with Gasteiger partial charge in [-0.3, -0.25) is 0 Å². The summed E-state index contributed by atoms with van der Waals surface area (Å²) in [6.07, 6.45) is -0.958. The van der Waals surface area contributed by atoms with Gasteiger partial charge < -0.3 is 10.8 Å². The number of aliphatic hydroxyl groups excluding tert-OH is 1. The summed E-state index contributed by atoms with van der Waals surface area (Å²) in [5, 5.41) is 10.4. The molecule has 100 valence electrons. The summed E-state index contributed by atoms with van der Waals surface area (Å²) in [4.78, 5) is 0. The monoisotopic (exact) mass is 323 g/mol. The molecule has 0 aliphatic heterocycles. The first kappa shape index (κ1) is 14.2. The third-order valence-corrected chi connectivity index (χ3v) is 3.64. The Morgan fingerprint density at radius 3 is 2.42 bits per heavy atom. The molecule has 2 nitrogen and oxygen atoms in total. The molecule has 19 heavy (non-hydrogen) atoms. The Balaban J connectivity index is 2.33. The molecule has 0 spiro atoms. The first-order valence-corrected chi connectivity index (χ1v) is 6.81. The first-order valence-electron chi connectivity index (χ1n) is 6.01. The summed E-state index contributed by atoms with van der Waals surface area (Å²) in [7, 11) is 0. The fourth-order valence-electron chi connectivity index (χ4n) is 2.11. The number of nitrogens with two attached hydrogens (primary N) is 1. The molecule has 0 bridgehead atoms. The number of aliphatic hydroxyl groups is 1. The molecule has 2 rings (SSSR count). The van der Waals surface area contributed by atoms with Crippen molar-refractivity contribution in [2.75, 3.05) is 6.54 Å². The van der Waals surface area contributed by atoms with Crippen LogP contribution in [0.5, 0.6) is 0 Å². The van der Waals surface area contributed by atoms with Gasteiger partial charge in [0, 0.05) is 22.5 Å². The Hall–Kier alpha value is -1.23.